The van der Waals surface area contributed by atoms with Crippen LogP contribution in [0.15, 0.2) is 17.0 Å². The molecule has 1 aliphatic heterocycles. The fraction of sp³-hybridized carbons (Fsp3) is 0.600. The Morgan fingerprint density at radius 1 is 1.09 bits per heavy atom. The maximum absolute atomic E-state index is 12.8. The molecule has 0 bridgehead atoms. The number of benzene rings is 1. The normalized spacial score (nSPS) is 21.3. The smallest absolute Gasteiger partial charge is 0.255 e. The maximum Gasteiger partial charge on any atom is 0.255 e. The fourth-order valence-electron chi connectivity index (χ4n) is 3.16. The van der Waals surface area contributed by atoms with Crippen molar-refractivity contribution in [2.45, 2.75) is 62.9 Å². The minimum absolute atomic E-state index is 0.0482. The lowest BCUT2D eigenvalue weighted by atomic mass is 9.82. The molecule has 2 rings (SSSR count). The third kappa shape index (κ3) is 3.77. The van der Waals surface area contributed by atoms with Crippen molar-refractivity contribution in [3.8, 4) is 0 Å². The Morgan fingerprint density at radius 2 is 1.61 bits per heavy atom. The van der Waals surface area contributed by atoms with Gasteiger partial charge in [-0.25, -0.2) is 13.4 Å². The van der Waals surface area contributed by atoms with E-state index < -0.39 is 10.0 Å². The number of hydrogen-bond acceptors (Lipinski definition) is 4. The van der Waals surface area contributed by atoms with Gasteiger partial charge in [0, 0.05) is 11.1 Å². The zero-order valence-corrected chi connectivity index (χ0v) is 16.1. The van der Waals surface area contributed by atoms with Crippen LogP contribution >= 0.6 is 23.2 Å². The molecule has 1 fully saturated rings. The molecule has 23 heavy (non-hydrogen) atoms. The van der Waals surface area contributed by atoms with Crippen LogP contribution < -0.4 is 10.6 Å². The molecular weight excluding hydrogens is 357 g/mol. The molecule has 1 aromatic carbocycles. The molecule has 0 atom stereocenters. The van der Waals surface area contributed by atoms with Crippen molar-refractivity contribution in [2.24, 2.45) is 0 Å². The van der Waals surface area contributed by atoms with Gasteiger partial charge in [0.15, 0.2) is 0 Å². The number of nitrogens with zero attached hydrogens (tertiary/aromatic N) is 1. The topological polar surface area (TPSA) is 75.4 Å². The first kappa shape index (κ1) is 18.8. The van der Waals surface area contributed by atoms with Gasteiger partial charge in [0.25, 0.3) is 10.0 Å². The van der Waals surface area contributed by atoms with E-state index in [4.69, 9.17) is 28.9 Å². The highest BCUT2D eigenvalue weighted by Gasteiger charge is 2.43. The number of nitrogens with two attached hydrogens (primary N) is 1. The molecule has 0 spiro atoms. The number of anilines is 1. The third-order valence-corrected chi connectivity index (χ3v) is 6.43. The van der Waals surface area contributed by atoms with E-state index in [-0.39, 0.29) is 31.7 Å². The molecule has 8 heteroatoms. The summed E-state index contributed by atoms with van der Waals surface area (Å²) in [6, 6.07) is 2.64. The van der Waals surface area contributed by atoms with Crippen LogP contribution in [0.25, 0.3) is 0 Å². The zero-order chi connectivity index (χ0) is 17.6. The standard InChI is InChI=1S/C15H23Cl2N3O2S/c1-14(2)6-5-7-15(3,4)20(14)19-23(21,22)13-9-10(16)12(18)8-11(13)17/h8-9,19H,5-7,18H2,1-4H3. The van der Waals surface area contributed by atoms with E-state index >= 15 is 0 Å². The first-order chi connectivity index (χ1) is 10.4. The van der Waals surface area contributed by atoms with Crippen molar-refractivity contribution in [2.75, 3.05) is 5.73 Å². The van der Waals surface area contributed by atoms with Crippen molar-refractivity contribution >= 4 is 38.9 Å². The Balaban J connectivity index is 2.43. The number of halogens is 2. The van der Waals surface area contributed by atoms with Crippen LogP contribution in [0.5, 0.6) is 0 Å². The van der Waals surface area contributed by atoms with Crippen LogP contribution in [-0.2, 0) is 10.0 Å². The molecule has 1 saturated heterocycles. The SMILES string of the molecule is CC1(C)CCCC(C)(C)N1NS(=O)(=O)c1cc(Cl)c(N)cc1Cl. The summed E-state index contributed by atoms with van der Waals surface area (Å²) in [5, 5.41) is 2.01. The molecular formula is C15H23Cl2N3O2S. The summed E-state index contributed by atoms with van der Waals surface area (Å²) < 4.78 is 25.6. The highest BCUT2D eigenvalue weighted by atomic mass is 35.5. The number of nitrogens with one attached hydrogen (secondary N) is 1. The molecule has 3 N–H and O–H groups in total. The van der Waals surface area contributed by atoms with Crippen molar-refractivity contribution in [3.05, 3.63) is 22.2 Å². The monoisotopic (exact) mass is 379 g/mol. The summed E-state index contributed by atoms with van der Waals surface area (Å²) in [5.74, 6) is 0. The summed E-state index contributed by atoms with van der Waals surface area (Å²) in [6.45, 7) is 8.09. The zero-order valence-electron chi connectivity index (χ0n) is 13.8. The average molecular weight is 380 g/mol. The van der Waals surface area contributed by atoms with E-state index in [1.54, 1.807) is 5.01 Å². The van der Waals surface area contributed by atoms with Gasteiger partial charge in [-0.1, -0.05) is 23.2 Å². The molecule has 0 saturated carbocycles. The van der Waals surface area contributed by atoms with E-state index in [1.165, 1.54) is 12.1 Å². The summed E-state index contributed by atoms with van der Waals surface area (Å²) in [6.07, 6.45) is 2.84. The number of sulfonamides is 1. The molecule has 0 aliphatic carbocycles. The van der Waals surface area contributed by atoms with Crippen LogP contribution in [0, 0.1) is 0 Å². The quantitative estimate of drug-likeness (QED) is 0.782. The largest absolute Gasteiger partial charge is 0.397 e. The second-order valence-corrected chi connectivity index (χ2v) is 9.66. The number of rotatable bonds is 3. The molecule has 0 radical (unpaired) electrons. The minimum Gasteiger partial charge on any atom is -0.397 e. The van der Waals surface area contributed by atoms with Crippen LogP contribution in [-0.4, -0.2) is 24.5 Å². The Hall–Kier alpha value is -0.530. The second-order valence-electron chi connectivity index (χ2n) is 7.21. The van der Waals surface area contributed by atoms with Crippen LogP contribution in [0.4, 0.5) is 5.69 Å². The van der Waals surface area contributed by atoms with E-state index in [0.717, 1.165) is 19.3 Å². The molecule has 1 heterocycles. The Kier molecular flexibility index (Phi) is 4.97. The van der Waals surface area contributed by atoms with Crippen molar-refractivity contribution in [3.63, 3.8) is 0 Å². The number of hydrogen-bond donors (Lipinski definition) is 2. The summed E-state index contributed by atoms with van der Waals surface area (Å²) in [4.78, 5) is 2.63. The van der Waals surface area contributed by atoms with Gasteiger partial charge in [-0.3, -0.25) is 0 Å². The summed E-state index contributed by atoms with van der Waals surface area (Å²) in [5.41, 5.74) is 5.29. The van der Waals surface area contributed by atoms with Gasteiger partial charge in [0.2, 0.25) is 0 Å². The predicted molar refractivity (Wildman–Crippen MR) is 95.0 cm³/mol. The van der Waals surface area contributed by atoms with Crippen LogP contribution in [0.2, 0.25) is 10.0 Å². The molecule has 1 aromatic rings. The first-order valence-corrected chi connectivity index (χ1v) is 9.68. The molecule has 1 aliphatic rings. The fourth-order valence-corrected chi connectivity index (χ4v) is 5.29. The molecule has 0 unspecified atom stereocenters. The number of hydrazine groups is 1. The van der Waals surface area contributed by atoms with Crippen molar-refractivity contribution < 1.29 is 8.42 Å². The van der Waals surface area contributed by atoms with Crippen LogP contribution in [0.3, 0.4) is 0 Å². The maximum atomic E-state index is 12.8. The predicted octanol–water partition coefficient (Wildman–Crippen LogP) is 3.81. The highest BCUT2D eigenvalue weighted by Crippen LogP contribution is 2.38. The lowest BCUT2D eigenvalue weighted by molar-refractivity contribution is -0.0468. The minimum atomic E-state index is -3.87. The van der Waals surface area contributed by atoms with Crippen LogP contribution in [0.1, 0.15) is 47.0 Å². The number of piperidine rings is 1. The van der Waals surface area contributed by atoms with Crippen molar-refractivity contribution in [1.82, 2.24) is 9.84 Å². The number of nitrogen functional groups attached to an aromatic ring is 1. The van der Waals surface area contributed by atoms with E-state index in [9.17, 15) is 8.42 Å². The van der Waals surface area contributed by atoms with Gasteiger partial charge in [-0.05, 0) is 59.1 Å². The van der Waals surface area contributed by atoms with Gasteiger partial charge in [-0.15, -0.1) is 4.83 Å². The van der Waals surface area contributed by atoms with E-state index in [2.05, 4.69) is 4.83 Å². The van der Waals surface area contributed by atoms with E-state index in [0.29, 0.717) is 0 Å². The summed E-state index contributed by atoms with van der Waals surface area (Å²) in [7, 11) is -3.87. The Morgan fingerprint density at radius 3 is 2.13 bits per heavy atom. The lowest BCUT2D eigenvalue weighted by Crippen LogP contribution is -2.65. The second kappa shape index (κ2) is 6.08. The average Bonchev–Trinajstić information content (AvgIpc) is 2.38. The molecule has 0 amide bonds. The van der Waals surface area contributed by atoms with Crippen molar-refractivity contribution in [1.29, 1.82) is 0 Å². The van der Waals surface area contributed by atoms with E-state index in [1.807, 2.05) is 27.7 Å². The highest BCUT2D eigenvalue weighted by molar-refractivity contribution is 7.89. The lowest BCUT2D eigenvalue weighted by Gasteiger charge is -2.52. The Labute approximate surface area is 148 Å². The molecule has 5 nitrogen and oxygen atoms in total. The van der Waals surface area contributed by atoms with Gasteiger partial charge < -0.3 is 5.73 Å². The summed E-state index contributed by atoms with van der Waals surface area (Å²) >= 11 is 12.0. The van der Waals surface area contributed by atoms with Gasteiger partial charge >= 0.3 is 0 Å². The van der Waals surface area contributed by atoms with Gasteiger partial charge in [0.05, 0.1) is 15.7 Å². The first-order valence-electron chi connectivity index (χ1n) is 7.44. The Bertz CT molecular complexity index is 702. The van der Waals surface area contributed by atoms with Gasteiger partial charge in [0.1, 0.15) is 4.90 Å². The third-order valence-electron chi connectivity index (χ3n) is 4.34. The molecule has 0 aromatic heterocycles. The van der Waals surface area contributed by atoms with Gasteiger partial charge in [-0.2, -0.15) is 0 Å². The molecule has 130 valence electrons.